The van der Waals surface area contributed by atoms with Crippen LogP contribution in [-0.2, 0) is 24.0 Å². The zero-order valence-corrected chi connectivity index (χ0v) is 10.7. The maximum atomic E-state index is 13.8. The van der Waals surface area contributed by atoms with Crippen LogP contribution >= 0.6 is 0 Å². The van der Waals surface area contributed by atoms with Crippen LogP contribution in [0, 0.1) is 11.6 Å². The Balaban J connectivity index is 2.47. The number of nitrogens with one attached hydrogen (secondary N) is 1. The number of benzene rings is 1. The van der Waals surface area contributed by atoms with Crippen LogP contribution in [0.15, 0.2) is 24.4 Å². The summed E-state index contributed by atoms with van der Waals surface area (Å²) in [6.45, 7) is 0.234. The predicted octanol–water partition coefficient (Wildman–Crippen LogP) is 0.870. The summed E-state index contributed by atoms with van der Waals surface area (Å²) in [5.41, 5.74) is 5.12. The molecule has 1 atom stereocenters. The van der Waals surface area contributed by atoms with E-state index in [1.165, 1.54) is 17.2 Å². The molecule has 99 valence electrons. The van der Waals surface area contributed by atoms with Crippen LogP contribution in [0.5, 0.6) is 0 Å². The number of anilines is 2. The van der Waals surface area contributed by atoms with Crippen molar-refractivity contribution in [1.29, 1.82) is 0 Å². The molecular formula is C11H10F2N3OPd. The van der Waals surface area contributed by atoms with Gasteiger partial charge in [0.2, 0.25) is 0 Å². The third-order valence-corrected chi connectivity index (χ3v) is 3.15. The summed E-state index contributed by atoms with van der Waals surface area (Å²) in [7, 11) is 0. The SMILES string of the molecule is Nc1cc(F)c(N2C=CC(=O)NC[CH]2[Pd])c(F)c1. The minimum absolute atomic E-state index is 0.0104. The van der Waals surface area contributed by atoms with Gasteiger partial charge >= 0.3 is 113 Å². The molecule has 1 aromatic rings. The summed E-state index contributed by atoms with van der Waals surface area (Å²) in [6, 6.07) is 2.08. The van der Waals surface area contributed by atoms with Crippen molar-refractivity contribution in [3.05, 3.63) is 36.0 Å². The molecule has 0 aliphatic carbocycles. The van der Waals surface area contributed by atoms with Crippen molar-refractivity contribution in [3.8, 4) is 0 Å². The van der Waals surface area contributed by atoms with Crippen molar-refractivity contribution in [1.82, 2.24) is 5.32 Å². The summed E-state index contributed by atoms with van der Waals surface area (Å²) < 4.78 is 27.1. The molecule has 0 aromatic heterocycles. The van der Waals surface area contributed by atoms with E-state index in [-0.39, 0.29) is 23.8 Å². The molecule has 2 rings (SSSR count). The fourth-order valence-electron chi connectivity index (χ4n) is 1.61. The number of nitrogens with zero attached hydrogens (tertiary/aromatic N) is 1. The Morgan fingerprint density at radius 3 is 2.61 bits per heavy atom. The summed E-state index contributed by atoms with van der Waals surface area (Å²) in [6.07, 6.45) is 2.54. The molecule has 1 aromatic carbocycles. The van der Waals surface area contributed by atoms with E-state index in [2.05, 4.69) is 24.5 Å². The normalized spacial score (nSPS) is 19.7. The molecule has 1 amide bonds. The van der Waals surface area contributed by atoms with Gasteiger partial charge in [-0.1, -0.05) is 0 Å². The zero-order chi connectivity index (χ0) is 13.3. The Bertz CT molecular complexity index is 498. The van der Waals surface area contributed by atoms with Gasteiger partial charge in [-0.25, -0.2) is 0 Å². The number of rotatable bonds is 1. The van der Waals surface area contributed by atoms with Crippen molar-refractivity contribution in [2.45, 2.75) is 4.51 Å². The van der Waals surface area contributed by atoms with Gasteiger partial charge in [0.25, 0.3) is 0 Å². The van der Waals surface area contributed by atoms with Crippen LogP contribution in [0.1, 0.15) is 0 Å². The van der Waals surface area contributed by atoms with Gasteiger partial charge in [0.05, 0.1) is 0 Å². The molecule has 7 heteroatoms. The number of nitrogens with two attached hydrogens (primary N) is 1. The van der Waals surface area contributed by atoms with Gasteiger partial charge < -0.3 is 0 Å². The molecule has 18 heavy (non-hydrogen) atoms. The van der Waals surface area contributed by atoms with Crippen molar-refractivity contribution < 1.29 is 32.8 Å². The van der Waals surface area contributed by atoms with E-state index in [1.54, 1.807) is 0 Å². The molecule has 1 aliphatic rings. The average Bonchev–Trinajstić information content (AvgIpc) is 2.43. The molecule has 1 unspecified atom stereocenters. The number of carbonyl (C=O) groups excluding carboxylic acids is 1. The third-order valence-electron chi connectivity index (χ3n) is 2.40. The van der Waals surface area contributed by atoms with E-state index in [4.69, 9.17) is 5.73 Å². The molecule has 4 nitrogen and oxygen atoms in total. The standard InChI is InChI=1S/C11H10F2N3O.Pd/c12-8-5-7(14)6-9(13)11(8)16-3-1-10(17)15-2-4-16;/h1,3-6H,2,14H2,(H,15,17);. The van der Waals surface area contributed by atoms with Crippen LogP contribution in [0.3, 0.4) is 0 Å². The molecule has 1 aliphatic heterocycles. The van der Waals surface area contributed by atoms with E-state index < -0.39 is 16.1 Å². The molecule has 0 radical (unpaired) electrons. The summed E-state index contributed by atoms with van der Waals surface area (Å²) in [5, 5.41) is 2.57. The number of hydrogen-bond donors (Lipinski definition) is 2. The number of halogens is 2. The van der Waals surface area contributed by atoms with Crippen molar-refractivity contribution in [2.24, 2.45) is 0 Å². The Morgan fingerprint density at radius 1 is 1.39 bits per heavy atom. The van der Waals surface area contributed by atoms with E-state index >= 15 is 0 Å². The Hall–Kier alpha value is -1.45. The molecule has 0 saturated carbocycles. The Kier molecular flexibility index (Phi) is 3.64. The first-order valence-corrected chi connectivity index (χ1v) is 5.98. The van der Waals surface area contributed by atoms with Gasteiger partial charge in [-0.15, -0.1) is 0 Å². The topological polar surface area (TPSA) is 58.4 Å². The van der Waals surface area contributed by atoms with Gasteiger partial charge in [-0.05, 0) is 0 Å². The first-order valence-electron chi connectivity index (χ1n) is 5.08. The quantitative estimate of drug-likeness (QED) is 0.587. The van der Waals surface area contributed by atoms with Crippen molar-refractivity contribution in [2.75, 3.05) is 17.2 Å². The Morgan fingerprint density at radius 2 is 2.00 bits per heavy atom. The fourth-order valence-corrected chi connectivity index (χ4v) is 2.10. The molecule has 3 N–H and O–H groups in total. The average molecular weight is 345 g/mol. The van der Waals surface area contributed by atoms with Gasteiger partial charge in [0, 0.05) is 0 Å². The number of carbonyl (C=O) groups is 1. The zero-order valence-electron chi connectivity index (χ0n) is 9.10. The maximum absolute atomic E-state index is 13.8. The summed E-state index contributed by atoms with van der Waals surface area (Å²) in [4.78, 5) is 12.5. The molecule has 0 fully saturated rings. The van der Waals surface area contributed by atoms with Crippen LogP contribution in [0.4, 0.5) is 20.2 Å². The molecule has 0 saturated heterocycles. The van der Waals surface area contributed by atoms with Crippen molar-refractivity contribution >= 4 is 17.3 Å². The minimum atomic E-state index is -0.776. The van der Waals surface area contributed by atoms with Crippen molar-refractivity contribution in [3.63, 3.8) is 0 Å². The summed E-state index contributed by atoms with van der Waals surface area (Å²) >= 11 is 2.95. The number of amides is 1. The second-order valence-corrected chi connectivity index (χ2v) is 4.73. The molecule has 0 bridgehead atoms. The van der Waals surface area contributed by atoms with E-state index in [0.717, 1.165) is 12.1 Å². The van der Waals surface area contributed by atoms with E-state index in [1.807, 2.05) is 0 Å². The van der Waals surface area contributed by atoms with E-state index in [0.29, 0.717) is 0 Å². The Labute approximate surface area is 113 Å². The van der Waals surface area contributed by atoms with Crippen LogP contribution in [0.25, 0.3) is 0 Å². The van der Waals surface area contributed by atoms with Crippen LogP contribution < -0.4 is 16.0 Å². The van der Waals surface area contributed by atoms with E-state index in [9.17, 15) is 13.6 Å². The predicted molar refractivity (Wildman–Crippen MR) is 59.2 cm³/mol. The number of hydrogen-bond acceptors (Lipinski definition) is 3. The van der Waals surface area contributed by atoms with Gasteiger partial charge in [0.15, 0.2) is 0 Å². The first kappa shape index (κ1) is 13.0. The second-order valence-electron chi connectivity index (χ2n) is 3.69. The fraction of sp³-hybridized carbons (Fsp3) is 0.182. The third kappa shape index (κ3) is 2.52. The second kappa shape index (κ2) is 5.04. The van der Waals surface area contributed by atoms with Gasteiger partial charge in [0.1, 0.15) is 0 Å². The molecule has 1 heterocycles. The van der Waals surface area contributed by atoms with Gasteiger partial charge in [-0.2, -0.15) is 0 Å². The van der Waals surface area contributed by atoms with Gasteiger partial charge in [-0.3, -0.25) is 0 Å². The monoisotopic (exact) mass is 344 g/mol. The first-order chi connectivity index (χ1) is 8.49. The van der Waals surface area contributed by atoms with Crippen LogP contribution in [-0.4, -0.2) is 17.0 Å². The number of nitrogen functional groups attached to an aromatic ring is 1. The summed E-state index contributed by atoms with van der Waals surface area (Å²) in [5.74, 6) is -1.87. The molecular weight excluding hydrogens is 335 g/mol. The van der Waals surface area contributed by atoms with Crippen LogP contribution in [0.2, 0.25) is 0 Å². The molecule has 0 spiro atoms.